The highest BCUT2D eigenvalue weighted by Crippen LogP contribution is 2.26. The minimum absolute atomic E-state index is 0.157. The molecular formula is C17H27NO3. The molecule has 0 saturated heterocycles. The lowest BCUT2D eigenvalue weighted by Gasteiger charge is -2.22. The minimum Gasteiger partial charge on any atom is -0.492 e. The summed E-state index contributed by atoms with van der Waals surface area (Å²) in [4.78, 5) is 11.2. The van der Waals surface area contributed by atoms with Gasteiger partial charge in [0.05, 0.1) is 5.41 Å². The van der Waals surface area contributed by atoms with Crippen LogP contribution < -0.4 is 10.1 Å². The summed E-state index contributed by atoms with van der Waals surface area (Å²) in [5, 5.41) is 12.6. The van der Waals surface area contributed by atoms with Crippen LogP contribution in [0.1, 0.15) is 38.8 Å². The average molecular weight is 293 g/mol. The molecule has 2 N–H and O–H groups in total. The first-order valence-electron chi connectivity index (χ1n) is 7.39. The number of rotatable bonds is 8. The summed E-state index contributed by atoms with van der Waals surface area (Å²) in [5.41, 5.74) is 1.20. The molecule has 0 amide bonds. The number of hydrogen-bond acceptors (Lipinski definition) is 3. The third-order valence-electron chi connectivity index (χ3n) is 3.32. The zero-order valence-corrected chi connectivity index (χ0v) is 13.7. The van der Waals surface area contributed by atoms with Crippen molar-refractivity contribution in [2.45, 2.75) is 41.2 Å². The second-order valence-electron chi connectivity index (χ2n) is 6.57. The Balaban J connectivity index is 2.78. The number of aryl methyl sites for hydroxylation is 1. The standard InChI is InChI=1S/C17H27NO3/c1-12(2)9-18-10-14-8-6-7-13(3)15(14)21-11-17(4,5)16(19)20/h6-8,12,18H,9-11H2,1-5H3,(H,19,20). The van der Waals surface area contributed by atoms with Crippen molar-refractivity contribution in [1.82, 2.24) is 5.32 Å². The molecule has 0 saturated carbocycles. The first-order chi connectivity index (χ1) is 9.74. The van der Waals surface area contributed by atoms with Crippen LogP contribution in [0, 0.1) is 18.3 Å². The van der Waals surface area contributed by atoms with Gasteiger partial charge in [0, 0.05) is 12.1 Å². The fourth-order valence-electron chi connectivity index (χ4n) is 1.87. The number of ether oxygens (including phenoxy) is 1. The molecule has 0 unspecified atom stereocenters. The lowest BCUT2D eigenvalue weighted by molar-refractivity contribution is -0.148. The van der Waals surface area contributed by atoms with Crippen LogP contribution in [-0.4, -0.2) is 24.2 Å². The van der Waals surface area contributed by atoms with Gasteiger partial charge in [0.15, 0.2) is 0 Å². The third-order valence-corrected chi connectivity index (χ3v) is 3.32. The van der Waals surface area contributed by atoms with Crippen molar-refractivity contribution in [1.29, 1.82) is 0 Å². The van der Waals surface area contributed by atoms with Gasteiger partial charge < -0.3 is 15.2 Å². The van der Waals surface area contributed by atoms with Crippen molar-refractivity contribution in [3.8, 4) is 5.75 Å². The van der Waals surface area contributed by atoms with Crippen LogP contribution in [0.15, 0.2) is 18.2 Å². The van der Waals surface area contributed by atoms with Crippen LogP contribution in [0.3, 0.4) is 0 Å². The van der Waals surface area contributed by atoms with Gasteiger partial charge in [-0.3, -0.25) is 4.79 Å². The highest BCUT2D eigenvalue weighted by molar-refractivity contribution is 5.73. The molecule has 1 rings (SSSR count). The van der Waals surface area contributed by atoms with E-state index in [1.165, 1.54) is 0 Å². The Bertz CT molecular complexity index is 481. The number of carboxylic acid groups (broad SMARTS) is 1. The summed E-state index contributed by atoms with van der Waals surface area (Å²) >= 11 is 0. The van der Waals surface area contributed by atoms with Gasteiger partial charge in [-0.15, -0.1) is 0 Å². The molecule has 0 heterocycles. The van der Waals surface area contributed by atoms with E-state index in [1.54, 1.807) is 13.8 Å². The van der Waals surface area contributed by atoms with Crippen molar-refractivity contribution < 1.29 is 14.6 Å². The van der Waals surface area contributed by atoms with E-state index in [1.807, 2.05) is 25.1 Å². The van der Waals surface area contributed by atoms with Crippen molar-refractivity contribution in [3.05, 3.63) is 29.3 Å². The van der Waals surface area contributed by atoms with Crippen LogP contribution in [0.4, 0.5) is 0 Å². The summed E-state index contributed by atoms with van der Waals surface area (Å²) in [6, 6.07) is 6.00. The highest BCUT2D eigenvalue weighted by atomic mass is 16.5. The van der Waals surface area contributed by atoms with Gasteiger partial charge in [-0.1, -0.05) is 32.0 Å². The molecular weight excluding hydrogens is 266 g/mol. The lowest BCUT2D eigenvalue weighted by Crippen LogP contribution is -2.31. The van der Waals surface area contributed by atoms with Crippen molar-refractivity contribution in [2.24, 2.45) is 11.3 Å². The molecule has 0 fully saturated rings. The number of carboxylic acids is 1. The number of hydrogen-bond donors (Lipinski definition) is 2. The van der Waals surface area contributed by atoms with Gasteiger partial charge in [-0.2, -0.15) is 0 Å². The molecule has 0 atom stereocenters. The molecule has 1 aromatic rings. The van der Waals surface area contributed by atoms with E-state index in [2.05, 4.69) is 19.2 Å². The largest absolute Gasteiger partial charge is 0.492 e. The molecule has 0 bridgehead atoms. The van der Waals surface area contributed by atoms with E-state index >= 15 is 0 Å². The number of aliphatic carboxylic acids is 1. The van der Waals surface area contributed by atoms with E-state index in [4.69, 9.17) is 9.84 Å². The third kappa shape index (κ3) is 5.38. The van der Waals surface area contributed by atoms with Gasteiger partial charge in [-0.25, -0.2) is 0 Å². The molecule has 0 aliphatic carbocycles. The fraction of sp³-hybridized carbons (Fsp3) is 0.588. The monoisotopic (exact) mass is 293 g/mol. The Morgan fingerprint density at radius 2 is 2.05 bits per heavy atom. The quantitative estimate of drug-likeness (QED) is 0.772. The summed E-state index contributed by atoms with van der Waals surface area (Å²) in [7, 11) is 0. The van der Waals surface area contributed by atoms with E-state index in [-0.39, 0.29) is 6.61 Å². The Labute approximate surface area is 127 Å². The lowest BCUT2D eigenvalue weighted by atomic mass is 9.95. The summed E-state index contributed by atoms with van der Waals surface area (Å²) in [6.07, 6.45) is 0. The van der Waals surface area contributed by atoms with Crippen molar-refractivity contribution in [2.75, 3.05) is 13.2 Å². The molecule has 0 spiro atoms. The van der Waals surface area contributed by atoms with Crippen molar-refractivity contribution in [3.63, 3.8) is 0 Å². The number of carbonyl (C=O) groups is 1. The molecule has 21 heavy (non-hydrogen) atoms. The average Bonchev–Trinajstić information content (AvgIpc) is 2.37. The maximum Gasteiger partial charge on any atom is 0.312 e. The van der Waals surface area contributed by atoms with Crippen LogP contribution in [-0.2, 0) is 11.3 Å². The smallest absolute Gasteiger partial charge is 0.312 e. The predicted molar refractivity (Wildman–Crippen MR) is 84.6 cm³/mol. The van der Waals surface area contributed by atoms with Crippen LogP contribution in [0.25, 0.3) is 0 Å². The molecule has 0 aromatic heterocycles. The summed E-state index contributed by atoms with van der Waals surface area (Å²) < 4.78 is 5.83. The zero-order valence-electron chi connectivity index (χ0n) is 13.7. The Morgan fingerprint density at radius 3 is 2.62 bits per heavy atom. The van der Waals surface area contributed by atoms with Gasteiger partial charge in [0.25, 0.3) is 0 Å². The Kier molecular flexibility index (Phi) is 6.21. The number of nitrogens with one attached hydrogen (secondary N) is 1. The molecule has 4 nitrogen and oxygen atoms in total. The van der Waals surface area contributed by atoms with E-state index in [0.717, 1.165) is 30.0 Å². The molecule has 4 heteroatoms. The van der Waals surface area contributed by atoms with Crippen LogP contribution >= 0.6 is 0 Å². The predicted octanol–water partition coefficient (Wildman–Crippen LogP) is 3.23. The van der Waals surface area contributed by atoms with Gasteiger partial charge >= 0.3 is 5.97 Å². The van der Waals surface area contributed by atoms with Gasteiger partial charge in [0.2, 0.25) is 0 Å². The van der Waals surface area contributed by atoms with Crippen molar-refractivity contribution >= 4 is 5.97 Å². The van der Waals surface area contributed by atoms with E-state index in [9.17, 15) is 4.79 Å². The Hall–Kier alpha value is -1.55. The highest BCUT2D eigenvalue weighted by Gasteiger charge is 2.28. The van der Waals surface area contributed by atoms with Crippen LogP contribution in [0.2, 0.25) is 0 Å². The normalized spacial score (nSPS) is 11.7. The number of benzene rings is 1. The maximum absolute atomic E-state index is 11.2. The van der Waals surface area contributed by atoms with E-state index < -0.39 is 11.4 Å². The zero-order chi connectivity index (χ0) is 16.0. The second-order valence-corrected chi connectivity index (χ2v) is 6.57. The first-order valence-corrected chi connectivity index (χ1v) is 7.39. The van der Waals surface area contributed by atoms with E-state index in [0.29, 0.717) is 5.92 Å². The van der Waals surface area contributed by atoms with Gasteiger partial charge in [0.1, 0.15) is 12.4 Å². The summed E-state index contributed by atoms with van der Waals surface area (Å²) in [6.45, 7) is 11.5. The molecule has 1 aromatic carbocycles. The maximum atomic E-state index is 11.2. The minimum atomic E-state index is -0.898. The second kappa shape index (κ2) is 7.46. The first kappa shape index (κ1) is 17.5. The number of para-hydroxylation sites is 1. The van der Waals surface area contributed by atoms with Gasteiger partial charge in [-0.05, 0) is 38.8 Å². The fourth-order valence-corrected chi connectivity index (χ4v) is 1.87. The molecule has 118 valence electrons. The molecule has 0 aliphatic heterocycles. The topological polar surface area (TPSA) is 58.6 Å². The molecule has 0 aliphatic rings. The summed E-state index contributed by atoms with van der Waals surface area (Å²) in [5.74, 6) is 0.531. The molecule has 0 radical (unpaired) electrons. The Morgan fingerprint density at radius 1 is 1.38 bits per heavy atom. The van der Waals surface area contributed by atoms with Crippen LogP contribution in [0.5, 0.6) is 5.75 Å². The SMILES string of the molecule is Cc1cccc(CNCC(C)C)c1OCC(C)(C)C(=O)O.